The van der Waals surface area contributed by atoms with E-state index in [9.17, 15) is 14.9 Å². The van der Waals surface area contributed by atoms with Crippen LogP contribution in [0.25, 0.3) is 10.2 Å². The average Bonchev–Trinajstić information content (AvgIpc) is 3.21. The van der Waals surface area contributed by atoms with Crippen molar-refractivity contribution in [2.75, 3.05) is 11.1 Å². The van der Waals surface area contributed by atoms with Gasteiger partial charge in [0, 0.05) is 29.1 Å². The van der Waals surface area contributed by atoms with Crippen molar-refractivity contribution in [3.63, 3.8) is 0 Å². The summed E-state index contributed by atoms with van der Waals surface area (Å²) >= 11 is 8.97. The van der Waals surface area contributed by atoms with Crippen LogP contribution in [0.2, 0.25) is 5.02 Å². The van der Waals surface area contributed by atoms with Crippen LogP contribution in [0.4, 0.5) is 17.1 Å². The highest BCUT2D eigenvalue weighted by Crippen LogP contribution is 2.32. The second-order valence-electron chi connectivity index (χ2n) is 7.04. The van der Waals surface area contributed by atoms with E-state index in [2.05, 4.69) is 15.3 Å². The van der Waals surface area contributed by atoms with Crippen molar-refractivity contribution in [1.29, 1.82) is 0 Å². The van der Waals surface area contributed by atoms with Crippen molar-refractivity contribution in [2.24, 2.45) is 4.99 Å². The Morgan fingerprint density at radius 1 is 1.21 bits per heavy atom. The first-order valence-electron chi connectivity index (χ1n) is 9.75. The Morgan fingerprint density at radius 3 is 2.73 bits per heavy atom. The molecule has 0 aliphatic heterocycles. The number of carbonyl (C=O) groups excluding carboxylic acids is 1. The molecule has 0 bridgehead atoms. The minimum absolute atomic E-state index is 0.0413. The van der Waals surface area contributed by atoms with E-state index in [1.165, 1.54) is 35.2 Å². The smallest absolute Gasteiger partial charge is 0.269 e. The summed E-state index contributed by atoms with van der Waals surface area (Å²) in [5.41, 5.74) is 4.00. The largest absolute Gasteiger partial charge is 0.325 e. The van der Waals surface area contributed by atoms with E-state index < -0.39 is 4.92 Å². The number of hydrogen-bond donors (Lipinski definition) is 1. The molecule has 0 aliphatic rings. The van der Waals surface area contributed by atoms with E-state index >= 15 is 0 Å². The number of nitro benzene ring substituents is 1. The molecule has 0 saturated heterocycles. The van der Waals surface area contributed by atoms with Gasteiger partial charge in [0.25, 0.3) is 5.69 Å². The third-order valence-electron chi connectivity index (χ3n) is 4.60. The highest BCUT2D eigenvalue weighted by molar-refractivity contribution is 8.01. The molecule has 0 spiro atoms. The van der Waals surface area contributed by atoms with Gasteiger partial charge in [0.15, 0.2) is 4.34 Å². The second-order valence-corrected chi connectivity index (χ2v) is 9.70. The molecular formula is C23H17ClN4O3S2. The summed E-state index contributed by atoms with van der Waals surface area (Å²) in [5, 5.41) is 14.2. The summed E-state index contributed by atoms with van der Waals surface area (Å²) in [6, 6.07) is 17.3. The molecule has 1 heterocycles. The molecule has 7 nitrogen and oxygen atoms in total. The molecule has 4 aromatic rings. The van der Waals surface area contributed by atoms with E-state index in [-0.39, 0.29) is 17.3 Å². The predicted molar refractivity (Wildman–Crippen MR) is 136 cm³/mol. The molecule has 33 heavy (non-hydrogen) atoms. The Kier molecular flexibility index (Phi) is 7.02. The summed E-state index contributed by atoms with van der Waals surface area (Å²) in [5.74, 6) is 0.101. The number of aromatic nitrogens is 1. The first kappa shape index (κ1) is 22.9. The molecule has 1 aromatic heterocycles. The fraction of sp³-hybridized carbons (Fsp3) is 0.0870. The lowest BCUT2D eigenvalue weighted by Gasteiger charge is -2.06. The number of non-ortho nitro benzene ring substituents is 1. The third-order valence-corrected chi connectivity index (χ3v) is 7.17. The fourth-order valence-corrected chi connectivity index (χ4v) is 4.94. The molecular weight excluding hydrogens is 480 g/mol. The van der Waals surface area contributed by atoms with E-state index in [1.807, 2.05) is 37.3 Å². The van der Waals surface area contributed by atoms with Crippen molar-refractivity contribution in [1.82, 2.24) is 4.98 Å². The van der Waals surface area contributed by atoms with Crippen molar-refractivity contribution >= 4 is 74.1 Å². The molecule has 0 radical (unpaired) electrons. The van der Waals surface area contributed by atoms with Gasteiger partial charge in [-0.2, -0.15) is 0 Å². The number of aliphatic imine (C=N–C) groups is 1. The average molecular weight is 497 g/mol. The van der Waals surface area contributed by atoms with Gasteiger partial charge in [-0.3, -0.25) is 19.9 Å². The molecule has 0 saturated carbocycles. The number of halogens is 1. The van der Waals surface area contributed by atoms with Crippen LogP contribution in [0.5, 0.6) is 0 Å². The van der Waals surface area contributed by atoms with Crippen molar-refractivity contribution in [3.05, 3.63) is 86.9 Å². The van der Waals surface area contributed by atoms with Crippen LogP contribution in [-0.4, -0.2) is 27.8 Å². The van der Waals surface area contributed by atoms with Crippen LogP contribution in [0.3, 0.4) is 0 Å². The Morgan fingerprint density at radius 2 is 2.00 bits per heavy atom. The van der Waals surface area contributed by atoms with Crippen LogP contribution in [0.15, 0.2) is 70.0 Å². The minimum Gasteiger partial charge on any atom is -0.325 e. The number of rotatable bonds is 7. The van der Waals surface area contributed by atoms with E-state index in [0.717, 1.165) is 31.4 Å². The second kappa shape index (κ2) is 10.1. The number of benzene rings is 3. The summed E-state index contributed by atoms with van der Waals surface area (Å²) in [7, 11) is 0. The lowest BCUT2D eigenvalue weighted by Crippen LogP contribution is -2.13. The summed E-state index contributed by atoms with van der Waals surface area (Å²) in [6.07, 6.45) is 1.66. The Bertz CT molecular complexity index is 1370. The van der Waals surface area contributed by atoms with Crippen LogP contribution in [0, 0.1) is 17.0 Å². The van der Waals surface area contributed by atoms with Crippen molar-refractivity contribution in [3.8, 4) is 0 Å². The lowest BCUT2D eigenvalue weighted by molar-refractivity contribution is -0.384. The van der Waals surface area contributed by atoms with Gasteiger partial charge in [0.05, 0.1) is 26.6 Å². The van der Waals surface area contributed by atoms with Gasteiger partial charge in [-0.05, 0) is 60.5 Å². The summed E-state index contributed by atoms with van der Waals surface area (Å²) in [4.78, 5) is 31.6. The van der Waals surface area contributed by atoms with Crippen molar-refractivity contribution in [2.45, 2.75) is 11.3 Å². The number of nitrogens with zero attached hydrogens (tertiary/aromatic N) is 3. The highest BCUT2D eigenvalue weighted by Gasteiger charge is 2.10. The number of nitro groups is 1. The summed E-state index contributed by atoms with van der Waals surface area (Å²) in [6.45, 7) is 1.91. The molecule has 166 valence electrons. The Labute approximate surface area is 202 Å². The molecule has 4 rings (SSSR count). The zero-order valence-corrected chi connectivity index (χ0v) is 19.7. The standard InChI is InChI=1S/C23H17ClN4O3S2/c1-14-2-5-17(10-19(14)24)26-22(29)13-32-23-27-20-9-6-16(11-21(20)33-23)25-12-15-3-7-18(8-4-15)28(30)31/h2-12H,13H2,1H3,(H,26,29). The molecule has 1 N–H and O–H groups in total. The van der Waals surface area contributed by atoms with Gasteiger partial charge in [-0.1, -0.05) is 29.4 Å². The first-order valence-corrected chi connectivity index (χ1v) is 11.9. The number of amides is 1. The monoisotopic (exact) mass is 496 g/mol. The lowest BCUT2D eigenvalue weighted by atomic mass is 10.2. The maximum Gasteiger partial charge on any atom is 0.269 e. The van der Waals surface area contributed by atoms with Gasteiger partial charge >= 0.3 is 0 Å². The Hall–Kier alpha value is -3.27. The number of nitrogens with one attached hydrogen (secondary N) is 1. The molecule has 1 amide bonds. The number of hydrogen-bond acceptors (Lipinski definition) is 7. The topological polar surface area (TPSA) is 97.5 Å². The van der Waals surface area contributed by atoms with E-state index in [1.54, 1.807) is 24.4 Å². The van der Waals surface area contributed by atoms with E-state index in [0.29, 0.717) is 10.7 Å². The molecule has 0 fully saturated rings. The molecule has 10 heteroatoms. The van der Waals surface area contributed by atoms with Crippen LogP contribution >= 0.6 is 34.7 Å². The molecule has 0 aliphatic carbocycles. The molecule has 0 atom stereocenters. The number of carbonyl (C=O) groups is 1. The third kappa shape index (κ3) is 5.95. The SMILES string of the molecule is Cc1ccc(NC(=O)CSc2nc3ccc(N=Cc4ccc([N+](=O)[O-])cc4)cc3s2)cc1Cl. The highest BCUT2D eigenvalue weighted by atomic mass is 35.5. The fourth-order valence-electron chi connectivity index (χ4n) is 2.86. The maximum absolute atomic E-state index is 12.3. The molecule has 0 unspecified atom stereocenters. The normalized spacial score (nSPS) is 11.2. The zero-order valence-electron chi connectivity index (χ0n) is 17.3. The van der Waals surface area contributed by atoms with Gasteiger partial charge in [-0.25, -0.2) is 4.98 Å². The maximum atomic E-state index is 12.3. The first-order chi connectivity index (χ1) is 15.9. The quantitative estimate of drug-likeness (QED) is 0.134. The number of anilines is 1. The van der Waals surface area contributed by atoms with Crippen molar-refractivity contribution < 1.29 is 9.72 Å². The van der Waals surface area contributed by atoms with Crippen LogP contribution in [0.1, 0.15) is 11.1 Å². The summed E-state index contributed by atoms with van der Waals surface area (Å²) < 4.78 is 1.75. The van der Waals surface area contributed by atoms with Gasteiger partial charge in [0.1, 0.15) is 0 Å². The van der Waals surface area contributed by atoms with Crippen LogP contribution < -0.4 is 5.32 Å². The van der Waals surface area contributed by atoms with E-state index in [4.69, 9.17) is 11.6 Å². The predicted octanol–water partition coefficient (Wildman–Crippen LogP) is 6.65. The number of thiazole rings is 1. The zero-order chi connectivity index (χ0) is 23.4. The van der Waals surface area contributed by atoms with Gasteiger partial charge in [0.2, 0.25) is 5.91 Å². The number of fused-ring (bicyclic) bond motifs is 1. The van der Waals surface area contributed by atoms with Gasteiger partial charge in [-0.15, -0.1) is 11.3 Å². The number of thioether (sulfide) groups is 1. The van der Waals surface area contributed by atoms with Gasteiger partial charge < -0.3 is 5.32 Å². The Balaban J connectivity index is 1.38. The number of aryl methyl sites for hydroxylation is 1. The minimum atomic E-state index is -0.435. The van der Waals surface area contributed by atoms with Crippen LogP contribution in [-0.2, 0) is 4.79 Å². The molecule has 3 aromatic carbocycles.